The largest absolute Gasteiger partial charge is 0.313 e. The third kappa shape index (κ3) is 5.80. The normalized spacial score (nSPS) is 13.5. The summed E-state index contributed by atoms with van der Waals surface area (Å²) in [5.41, 5.74) is 0.991. The number of hydrogen-bond donors (Lipinski definition) is 1. The maximum Gasteiger partial charge on any atom is 0.127 e. The quantitative estimate of drug-likeness (QED) is 0.728. The van der Waals surface area contributed by atoms with Gasteiger partial charge in [0.15, 0.2) is 0 Å². The van der Waals surface area contributed by atoms with E-state index in [2.05, 4.69) is 33.0 Å². The number of nitrogens with one attached hydrogen (secondary N) is 1. The first kappa shape index (κ1) is 17.5. The molecule has 1 nitrogen and oxygen atoms in total. The van der Waals surface area contributed by atoms with Crippen LogP contribution < -0.4 is 5.32 Å². The fourth-order valence-corrected chi connectivity index (χ4v) is 2.54. The van der Waals surface area contributed by atoms with Gasteiger partial charge in [0, 0.05) is 11.1 Å². The van der Waals surface area contributed by atoms with Crippen LogP contribution in [-0.2, 0) is 6.42 Å². The van der Waals surface area contributed by atoms with Gasteiger partial charge in [0.2, 0.25) is 0 Å². The summed E-state index contributed by atoms with van der Waals surface area (Å²) in [6.45, 7) is 9.97. The maximum absolute atomic E-state index is 13.7. The van der Waals surface area contributed by atoms with Crippen LogP contribution in [0.3, 0.4) is 0 Å². The highest BCUT2D eigenvalue weighted by molar-refractivity contribution is 6.30. The third-order valence-corrected chi connectivity index (χ3v) is 3.88. The van der Waals surface area contributed by atoms with Crippen LogP contribution in [0.4, 0.5) is 4.39 Å². The van der Waals surface area contributed by atoms with E-state index < -0.39 is 0 Å². The molecule has 1 N–H and O–H groups in total. The Morgan fingerprint density at radius 2 is 2.00 bits per heavy atom. The van der Waals surface area contributed by atoms with Gasteiger partial charge < -0.3 is 5.32 Å². The molecule has 1 aromatic carbocycles. The van der Waals surface area contributed by atoms with Gasteiger partial charge in [-0.1, -0.05) is 45.4 Å². The predicted octanol–water partition coefficient (Wildman–Crippen LogP) is 5.22. The van der Waals surface area contributed by atoms with Crippen LogP contribution in [0.15, 0.2) is 18.2 Å². The van der Waals surface area contributed by atoms with E-state index in [-0.39, 0.29) is 11.2 Å². The van der Waals surface area contributed by atoms with Gasteiger partial charge in [-0.25, -0.2) is 4.39 Å². The summed E-state index contributed by atoms with van der Waals surface area (Å²) in [4.78, 5) is 0. The van der Waals surface area contributed by atoms with E-state index in [0.29, 0.717) is 11.1 Å². The molecule has 0 heterocycles. The van der Waals surface area contributed by atoms with Crippen LogP contribution in [-0.4, -0.2) is 12.6 Å². The highest BCUT2D eigenvalue weighted by atomic mass is 35.5. The second-order valence-electron chi connectivity index (χ2n) is 6.50. The first-order chi connectivity index (χ1) is 9.34. The second kappa shape index (κ2) is 7.99. The monoisotopic (exact) mass is 299 g/mol. The molecule has 1 atom stereocenters. The summed E-state index contributed by atoms with van der Waals surface area (Å²) in [6, 6.07) is 5.42. The standard InChI is InChI=1S/C17H27ClFN/c1-5-11-20-16(17(2,3)4)8-6-7-13-9-10-14(18)12-15(13)19/h9-10,12,16,20H,5-8,11H2,1-4H3. The molecule has 0 aliphatic rings. The van der Waals surface area contributed by atoms with Crippen molar-refractivity contribution in [2.75, 3.05) is 6.54 Å². The van der Waals surface area contributed by atoms with E-state index in [1.165, 1.54) is 6.07 Å². The van der Waals surface area contributed by atoms with Crippen molar-refractivity contribution in [3.05, 3.63) is 34.6 Å². The molecular weight excluding hydrogens is 273 g/mol. The molecular formula is C17H27ClFN. The van der Waals surface area contributed by atoms with Crippen LogP contribution in [0, 0.1) is 11.2 Å². The first-order valence-electron chi connectivity index (χ1n) is 7.52. The van der Waals surface area contributed by atoms with Crippen LogP contribution in [0.1, 0.15) is 52.5 Å². The van der Waals surface area contributed by atoms with E-state index in [9.17, 15) is 4.39 Å². The first-order valence-corrected chi connectivity index (χ1v) is 7.89. The number of hydrogen-bond acceptors (Lipinski definition) is 1. The highest BCUT2D eigenvalue weighted by Gasteiger charge is 2.23. The average Bonchev–Trinajstić information content (AvgIpc) is 2.34. The number of benzene rings is 1. The molecule has 0 saturated carbocycles. The van der Waals surface area contributed by atoms with Crippen molar-refractivity contribution in [2.24, 2.45) is 5.41 Å². The van der Waals surface area contributed by atoms with Gasteiger partial charge in [-0.3, -0.25) is 0 Å². The average molecular weight is 300 g/mol. The van der Waals surface area contributed by atoms with E-state index in [1.807, 2.05) is 0 Å². The van der Waals surface area contributed by atoms with Crippen molar-refractivity contribution in [3.8, 4) is 0 Å². The number of rotatable bonds is 7. The molecule has 0 fully saturated rings. The van der Waals surface area contributed by atoms with Crippen LogP contribution >= 0.6 is 11.6 Å². The summed E-state index contributed by atoms with van der Waals surface area (Å²) in [5, 5.41) is 4.07. The van der Waals surface area contributed by atoms with Gasteiger partial charge in [-0.2, -0.15) is 0 Å². The van der Waals surface area contributed by atoms with Crippen molar-refractivity contribution in [1.82, 2.24) is 5.32 Å². The Balaban J connectivity index is 2.51. The minimum atomic E-state index is -0.189. The van der Waals surface area contributed by atoms with Gasteiger partial charge in [-0.05, 0) is 55.3 Å². The lowest BCUT2D eigenvalue weighted by Crippen LogP contribution is -2.40. The summed E-state index contributed by atoms with van der Waals surface area (Å²) in [6.07, 6.45) is 3.95. The lowest BCUT2D eigenvalue weighted by Gasteiger charge is -2.32. The molecule has 0 bridgehead atoms. The van der Waals surface area contributed by atoms with Crippen LogP contribution in [0.25, 0.3) is 0 Å². The molecule has 1 rings (SSSR count). The third-order valence-electron chi connectivity index (χ3n) is 3.64. The Labute approximate surface area is 127 Å². The lowest BCUT2D eigenvalue weighted by molar-refractivity contribution is 0.251. The molecule has 0 aliphatic heterocycles. The Morgan fingerprint density at radius 1 is 1.30 bits per heavy atom. The van der Waals surface area contributed by atoms with Crippen LogP contribution in [0.5, 0.6) is 0 Å². The summed E-state index contributed by atoms with van der Waals surface area (Å²) < 4.78 is 13.7. The summed E-state index contributed by atoms with van der Waals surface area (Å²) >= 11 is 5.77. The molecule has 20 heavy (non-hydrogen) atoms. The Bertz CT molecular complexity index is 412. The van der Waals surface area contributed by atoms with Crippen LogP contribution in [0.2, 0.25) is 5.02 Å². The molecule has 3 heteroatoms. The molecule has 0 aromatic heterocycles. The molecule has 0 amide bonds. The topological polar surface area (TPSA) is 12.0 Å². The summed E-state index contributed by atoms with van der Waals surface area (Å²) in [5.74, 6) is -0.189. The van der Waals surface area contributed by atoms with Crippen molar-refractivity contribution in [2.45, 2.75) is 59.4 Å². The zero-order chi connectivity index (χ0) is 15.2. The Kier molecular flexibility index (Phi) is 6.97. The van der Waals surface area contributed by atoms with Crippen molar-refractivity contribution < 1.29 is 4.39 Å². The van der Waals surface area contributed by atoms with E-state index >= 15 is 0 Å². The molecule has 0 aliphatic carbocycles. The zero-order valence-electron chi connectivity index (χ0n) is 13.1. The van der Waals surface area contributed by atoms with Gasteiger partial charge in [0.1, 0.15) is 5.82 Å². The molecule has 0 saturated heterocycles. The Hall–Kier alpha value is -0.600. The minimum absolute atomic E-state index is 0.189. The molecule has 114 valence electrons. The summed E-state index contributed by atoms with van der Waals surface area (Å²) in [7, 11) is 0. The predicted molar refractivity (Wildman–Crippen MR) is 85.9 cm³/mol. The lowest BCUT2D eigenvalue weighted by atomic mass is 9.83. The zero-order valence-corrected chi connectivity index (χ0v) is 13.9. The minimum Gasteiger partial charge on any atom is -0.313 e. The maximum atomic E-state index is 13.7. The molecule has 0 radical (unpaired) electrons. The second-order valence-corrected chi connectivity index (χ2v) is 6.94. The number of halogens is 2. The number of aryl methyl sites for hydroxylation is 1. The molecule has 0 spiro atoms. The Morgan fingerprint density at radius 3 is 2.55 bits per heavy atom. The SMILES string of the molecule is CCCNC(CCCc1ccc(Cl)cc1F)C(C)(C)C. The smallest absolute Gasteiger partial charge is 0.127 e. The molecule has 1 aromatic rings. The van der Waals surface area contributed by atoms with Crippen molar-refractivity contribution in [3.63, 3.8) is 0 Å². The fourth-order valence-electron chi connectivity index (χ4n) is 2.38. The molecule has 1 unspecified atom stereocenters. The van der Waals surface area contributed by atoms with Crippen molar-refractivity contribution in [1.29, 1.82) is 0 Å². The van der Waals surface area contributed by atoms with E-state index in [0.717, 1.165) is 37.8 Å². The fraction of sp³-hybridized carbons (Fsp3) is 0.647. The highest BCUT2D eigenvalue weighted by Crippen LogP contribution is 2.24. The van der Waals surface area contributed by atoms with Gasteiger partial charge in [0.05, 0.1) is 0 Å². The van der Waals surface area contributed by atoms with E-state index in [4.69, 9.17) is 11.6 Å². The van der Waals surface area contributed by atoms with E-state index in [1.54, 1.807) is 12.1 Å². The van der Waals surface area contributed by atoms with Gasteiger partial charge in [0.25, 0.3) is 0 Å². The van der Waals surface area contributed by atoms with Crippen molar-refractivity contribution >= 4 is 11.6 Å². The van der Waals surface area contributed by atoms with Gasteiger partial charge >= 0.3 is 0 Å². The van der Waals surface area contributed by atoms with Gasteiger partial charge in [-0.15, -0.1) is 0 Å².